The van der Waals surface area contributed by atoms with Crippen LogP contribution in [0.1, 0.15) is 36.2 Å². The van der Waals surface area contributed by atoms with Gasteiger partial charge in [-0.1, -0.05) is 60.9 Å². The minimum absolute atomic E-state index is 0.0122. The maximum Gasteiger partial charge on any atom is 0.254 e. The van der Waals surface area contributed by atoms with E-state index >= 15 is 0 Å². The highest BCUT2D eigenvalue weighted by Gasteiger charge is 2.28. The summed E-state index contributed by atoms with van der Waals surface area (Å²) in [5.74, 6) is 1.24. The largest absolute Gasteiger partial charge is 0.338 e. The third-order valence-electron chi connectivity index (χ3n) is 6.31. The predicted molar refractivity (Wildman–Crippen MR) is 137 cm³/mol. The lowest BCUT2D eigenvalue weighted by Crippen LogP contribution is -2.45. The summed E-state index contributed by atoms with van der Waals surface area (Å²) in [4.78, 5) is 20.1. The van der Waals surface area contributed by atoms with E-state index in [1.54, 1.807) is 24.3 Å². The molecule has 1 fully saturated rings. The van der Waals surface area contributed by atoms with Crippen LogP contribution in [0, 0.1) is 5.92 Å². The molecule has 180 valence electrons. The minimum atomic E-state index is -0.0122. The van der Waals surface area contributed by atoms with E-state index in [2.05, 4.69) is 35.9 Å². The lowest BCUT2D eigenvalue weighted by Gasteiger charge is -2.33. The molecule has 0 radical (unpaired) electrons. The fraction of sp³-hybridized carbons (Fsp3) is 0.407. The molecule has 1 aliphatic rings. The second-order valence-corrected chi connectivity index (χ2v) is 9.82. The quantitative estimate of drug-likeness (QED) is 0.430. The van der Waals surface area contributed by atoms with Gasteiger partial charge < -0.3 is 19.2 Å². The molecular formula is C27H33ClN4O2. The Morgan fingerprint density at radius 3 is 2.38 bits per heavy atom. The first-order valence-electron chi connectivity index (χ1n) is 11.9. The van der Waals surface area contributed by atoms with Gasteiger partial charge in [0.25, 0.3) is 5.91 Å². The first-order chi connectivity index (χ1) is 16.4. The second kappa shape index (κ2) is 11.1. The van der Waals surface area contributed by atoms with Crippen molar-refractivity contribution < 1.29 is 9.32 Å². The zero-order valence-electron chi connectivity index (χ0n) is 20.2. The van der Waals surface area contributed by atoms with E-state index in [9.17, 15) is 4.79 Å². The Bertz CT molecular complexity index is 1070. The van der Waals surface area contributed by atoms with Gasteiger partial charge in [-0.25, -0.2) is 0 Å². The minimum Gasteiger partial charge on any atom is -0.338 e. The smallest absolute Gasteiger partial charge is 0.254 e. The van der Waals surface area contributed by atoms with Crippen LogP contribution in [-0.2, 0) is 6.54 Å². The molecule has 4 rings (SSSR count). The first-order valence-corrected chi connectivity index (χ1v) is 12.3. The van der Waals surface area contributed by atoms with Crippen molar-refractivity contribution in [1.29, 1.82) is 0 Å². The summed E-state index contributed by atoms with van der Waals surface area (Å²) < 4.78 is 5.95. The summed E-state index contributed by atoms with van der Waals surface area (Å²) in [6, 6.07) is 17.2. The third-order valence-corrected chi connectivity index (χ3v) is 6.56. The maximum atomic E-state index is 13.6. The zero-order chi connectivity index (χ0) is 24.1. The fourth-order valence-corrected chi connectivity index (χ4v) is 4.28. The molecule has 0 spiro atoms. The van der Waals surface area contributed by atoms with Crippen molar-refractivity contribution in [3.63, 3.8) is 0 Å². The average Bonchev–Trinajstić information content (AvgIpc) is 3.26. The van der Waals surface area contributed by atoms with Gasteiger partial charge in [0, 0.05) is 48.9 Å². The van der Waals surface area contributed by atoms with E-state index in [0.717, 1.165) is 55.3 Å². The molecule has 3 aromatic rings. The highest BCUT2D eigenvalue weighted by molar-refractivity contribution is 6.30. The molecule has 7 heteroatoms. The van der Waals surface area contributed by atoms with Crippen LogP contribution in [0.15, 0.2) is 59.1 Å². The van der Waals surface area contributed by atoms with Crippen molar-refractivity contribution in [2.24, 2.45) is 5.92 Å². The van der Waals surface area contributed by atoms with Gasteiger partial charge in [0.15, 0.2) is 0 Å². The Balaban J connectivity index is 1.70. The van der Waals surface area contributed by atoms with Crippen molar-refractivity contribution in [1.82, 2.24) is 15.0 Å². The van der Waals surface area contributed by atoms with Gasteiger partial charge >= 0.3 is 0 Å². The number of halogens is 1. The lowest BCUT2D eigenvalue weighted by molar-refractivity contribution is 0.0735. The molecule has 1 aliphatic heterocycles. The number of carbonyl (C=O) groups is 1. The Morgan fingerprint density at radius 1 is 1.06 bits per heavy atom. The zero-order valence-corrected chi connectivity index (χ0v) is 21.0. The molecule has 1 amide bonds. The van der Waals surface area contributed by atoms with Crippen LogP contribution in [0.3, 0.4) is 0 Å². The molecule has 6 nitrogen and oxygen atoms in total. The maximum absolute atomic E-state index is 13.6. The number of rotatable bonds is 8. The van der Waals surface area contributed by atoms with Crippen LogP contribution >= 0.6 is 11.6 Å². The van der Waals surface area contributed by atoms with Gasteiger partial charge in [-0.3, -0.25) is 4.79 Å². The summed E-state index contributed by atoms with van der Waals surface area (Å²) in [5, 5.41) is 5.11. The van der Waals surface area contributed by atoms with Crippen molar-refractivity contribution in [3.05, 3.63) is 70.7 Å². The van der Waals surface area contributed by atoms with Gasteiger partial charge in [0.05, 0.1) is 12.1 Å². The number of aromatic nitrogens is 1. The van der Waals surface area contributed by atoms with E-state index in [1.165, 1.54) is 0 Å². The fourth-order valence-electron chi connectivity index (χ4n) is 4.16. The summed E-state index contributed by atoms with van der Waals surface area (Å²) in [6.45, 7) is 9.09. The predicted octanol–water partition coefficient (Wildman–Crippen LogP) is 5.44. The molecule has 0 atom stereocenters. The van der Waals surface area contributed by atoms with Crippen LogP contribution in [-0.4, -0.2) is 60.6 Å². The van der Waals surface area contributed by atoms with Gasteiger partial charge in [-0.2, -0.15) is 0 Å². The number of benzene rings is 2. The van der Waals surface area contributed by atoms with E-state index in [1.807, 2.05) is 35.2 Å². The van der Waals surface area contributed by atoms with Gasteiger partial charge in [-0.15, -0.1) is 0 Å². The Kier molecular flexibility index (Phi) is 7.91. The van der Waals surface area contributed by atoms with Crippen LogP contribution < -0.4 is 4.90 Å². The molecule has 34 heavy (non-hydrogen) atoms. The normalized spacial score (nSPS) is 14.6. The van der Waals surface area contributed by atoms with Crippen molar-refractivity contribution in [3.8, 4) is 11.3 Å². The summed E-state index contributed by atoms with van der Waals surface area (Å²) in [6.07, 6.45) is 0.912. The van der Waals surface area contributed by atoms with Crippen LogP contribution in [0.2, 0.25) is 5.02 Å². The molecule has 1 aromatic heterocycles. The third kappa shape index (κ3) is 5.80. The van der Waals surface area contributed by atoms with Crippen molar-refractivity contribution in [2.45, 2.75) is 26.8 Å². The Labute approximate surface area is 207 Å². The SMILES string of the molecule is CC(C)CCN(Cc1c(-c2ccccc2)noc1N1CCN(C)CC1)C(=O)c1ccc(Cl)cc1. The number of likely N-dealkylation sites (N-methyl/N-ethyl adjacent to an activating group) is 1. The molecule has 0 unspecified atom stereocenters. The van der Waals surface area contributed by atoms with Crippen molar-refractivity contribution >= 4 is 23.4 Å². The molecule has 0 N–H and O–H groups in total. The van der Waals surface area contributed by atoms with Crippen molar-refractivity contribution in [2.75, 3.05) is 44.7 Å². The molecule has 2 heterocycles. The number of anilines is 1. The number of nitrogens with zero attached hydrogens (tertiary/aromatic N) is 4. The van der Waals surface area contributed by atoms with Crippen LogP contribution in [0.4, 0.5) is 5.88 Å². The summed E-state index contributed by atoms with van der Waals surface area (Å²) in [7, 11) is 2.13. The van der Waals surface area contributed by atoms with E-state index in [-0.39, 0.29) is 5.91 Å². The van der Waals surface area contributed by atoms with Crippen LogP contribution in [0.5, 0.6) is 0 Å². The number of carbonyl (C=O) groups excluding carboxylic acids is 1. The molecule has 0 bridgehead atoms. The lowest BCUT2D eigenvalue weighted by atomic mass is 10.0. The number of amides is 1. The molecule has 1 saturated heterocycles. The van der Waals surface area contributed by atoms with E-state index in [0.29, 0.717) is 29.6 Å². The highest BCUT2D eigenvalue weighted by Crippen LogP contribution is 2.33. The molecule has 0 aliphatic carbocycles. The highest BCUT2D eigenvalue weighted by atomic mass is 35.5. The Hall–Kier alpha value is -2.83. The molecule has 0 saturated carbocycles. The number of hydrogen-bond acceptors (Lipinski definition) is 5. The number of piperazine rings is 1. The molecular weight excluding hydrogens is 448 g/mol. The van der Waals surface area contributed by atoms with Gasteiger partial charge in [-0.05, 0) is 43.7 Å². The average molecular weight is 481 g/mol. The monoisotopic (exact) mass is 480 g/mol. The summed E-state index contributed by atoms with van der Waals surface area (Å²) >= 11 is 6.06. The first kappa shape index (κ1) is 24.3. The summed E-state index contributed by atoms with van der Waals surface area (Å²) in [5.41, 5.74) is 3.38. The number of hydrogen-bond donors (Lipinski definition) is 0. The Morgan fingerprint density at radius 2 is 1.74 bits per heavy atom. The van der Waals surface area contributed by atoms with Gasteiger partial charge in [0.2, 0.25) is 5.88 Å². The second-order valence-electron chi connectivity index (χ2n) is 9.39. The topological polar surface area (TPSA) is 52.8 Å². The van der Waals surface area contributed by atoms with Crippen LogP contribution in [0.25, 0.3) is 11.3 Å². The van der Waals surface area contributed by atoms with E-state index in [4.69, 9.17) is 16.1 Å². The van der Waals surface area contributed by atoms with Gasteiger partial charge in [0.1, 0.15) is 5.69 Å². The molecule has 2 aromatic carbocycles. The van der Waals surface area contributed by atoms with E-state index < -0.39 is 0 Å². The standard InChI is InChI=1S/C27H33ClN4O2/c1-20(2)13-14-32(26(33)22-9-11-23(28)12-10-22)19-24-25(21-7-5-4-6-8-21)29-34-27(24)31-17-15-30(3)16-18-31/h4-12,20H,13-19H2,1-3H3.